The van der Waals surface area contributed by atoms with Crippen LogP contribution in [0.4, 0.5) is 0 Å². The Balaban J connectivity index is 1.92. The van der Waals surface area contributed by atoms with Crippen LogP contribution >= 0.6 is 15.9 Å². The molecule has 0 unspecified atom stereocenters. The van der Waals surface area contributed by atoms with Crippen molar-refractivity contribution in [3.63, 3.8) is 0 Å². The van der Waals surface area contributed by atoms with Gasteiger partial charge in [0.05, 0.1) is 6.61 Å². The van der Waals surface area contributed by atoms with Crippen LogP contribution in [0.25, 0.3) is 11.4 Å². The zero-order chi connectivity index (χ0) is 15.0. The number of benzene rings is 1. The van der Waals surface area contributed by atoms with Gasteiger partial charge in [0.1, 0.15) is 5.41 Å². The van der Waals surface area contributed by atoms with Gasteiger partial charge in [-0.1, -0.05) is 27.2 Å². The Hall–Kier alpha value is -1.69. The Kier molecular flexibility index (Phi) is 3.57. The average molecular weight is 351 g/mol. The number of carbonyl (C=O) groups excluding carboxylic acids is 1. The quantitative estimate of drug-likeness (QED) is 0.790. The van der Waals surface area contributed by atoms with Crippen LogP contribution in [0.5, 0.6) is 0 Å². The summed E-state index contributed by atoms with van der Waals surface area (Å²) >= 11 is 3.50. The molecule has 1 fully saturated rings. The third-order valence-corrected chi connectivity index (χ3v) is 4.27. The smallest absolute Gasteiger partial charge is 0.321 e. The summed E-state index contributed by atoms with van der Waals surface area (Å²) in [6, 6.07) is 5.90. The van der Waals surface area contributed by atoms with Crippen LogP contribution in [0.3, 0.4) is 0 Å². The van der Waals surface area contributed by atoms with Gasteiger partial charge in [0.2, 0.25) is 11.7 Å². The highest BCUT2D eigenvalue weighted by atomic mass is 79.9. The van der Waals surface area contributed by atoms with Crippen molar-refractivity contribution in [3.05, 3.63) is 34.1 Å². The highest BCUT2D eigenvalue weighted by Gasteiger charge is 2.57. The highest BCUT2D eigenvalue weighted by molar-refractivity contribution is 9.10. The lowest BCUT2D eigenvalue weighted by atomic mass is 10.1. The van der Waals surface area contributed by atoms with Crippen LogP contribution < -0.4 is 0 Å². The van der Waals surface area contributed by atoms with Crippen molar-refractivity contribution in [2.45, 2.75) is 32.1 Å². The van der Waals surface area contributed by atoms with Crippen molar-refractivity contribution in [2.24, 2.45) is 0 Å². The number of carbonyl (C=O) groups is 1. The predicted molar refractivity (Wildman–Crippen MR) is 79.7 cm³/mol. The molecule has 1 aromatic heterocycles. The molecular weight excluding hydrogens is 336 g/mol. The molecule has 0 radical (unpaired) electrons. The highest BCUT2D eigenvalue weighted by Crippen LogP contribution is 2.49. The minimum absolute atomic E-state index is 0.275. The van der Waals surface area contributed by atoms with Crippen LogP contribution in [0.15, 0.2) is 27.2 Å². The summed E-state index contributed by atoms with van der Waals surface area (Å²) in [5, 5.41) is 4.00. The Morgan fingerprint density at radius 2 is 2.24 bits per heavy atom. The molecule has 5 nitrogen and oxygen atoms in total. The molecule has 0 aliphatic heterocycles. The number of aromatic nitrogens is 2. The molecule has 21 heavy (non-hydrogen) atoms. The second kappa shape index (κ2) is 5.26. The molecule has 0 saturated heterocycles. The van der Waals surface area contributed by atoms with Crippen LogP contribution in [0, 0.1) is 6.92 Å². The fourth-order valence-corrected chi connectivity index (χ4v) is 2.90. The van der Waals surface area contributed by atoms with Gasteiger partial charge in [-0.05, 0) is 44.4 Å². The third-order valence-electron chi connectivity index (χ3n) is 3.62. The van der Waals surface area contributed by atoms with Gasteiger partial charge in [-0.15, -0.1) is 0 Å². The number of esters is 1. The normalized spacial score (nSPS) is 15.8. The second-order valence-corrected chi connectivity index (χ2v) is 6.06. The minimum Gasteiger partial charge on any atom is -0.465 e. The third kappa shape index (κ3) is 2.48. The topological polar surface area (TPSA) is 65.2 Å². The van der Waals surface area contributed by atoms with Gasteiger partial charge in [0.25, 0.3) is 0 Å². The number of nitrogens with zero attached hydrogens (tertiary/aromatic N) is 2. The maximum absolute atomic E-state index is 12.0. The molecule has 0 atom stereocenters. The van der Waals surface area contributed by atoms with E-state index in [1.54, 1.807) is 6.92 Å². The fourth-order valence-electron chi connectivity index (χ4n) is 2.23. The number of hydrogen-bond acceptors (Lipinski definition) is 5. The van der Waals surface area contributed by atoms with E-state index in [-0.39, 0.29) is 5.97 Å². The van der Waals surface area contributed by atoms with E-state index in [1.165, 1.54) is 0 Å². The fraction of sp³-hybridized carbons (Fsp3) is 0.400. The van der Waals surface area contributed by atoms with Crippen molar-refractivity contribution in [1.82, 2.24) is 10.1 Å². The largest absolute Gasteiger partial charge is 0.465 e. The minimum atomic E-state index is -0.724. The zero-order valence-electron chi connectivity index (χ0n) is 11.9. The van der Waals surface area contributed by atoms with Gasteiger partial charge in [-0.3, -0.25) is 4.79 Å². The van der Waals surface area contributed by atoms with Crippen LogP contribution in [0.1, 0.15) is 31.2 Å². The summed E-state index contributed by atoms with van der Waals surface area (Å²) in [6.45, 7) is 4.15. The number of hydrogen-bond donors (Lipinski definition) is 0. The van der Waals surface area contributed by atoms with E-state index in [4.69, 9.17) is 9.26 Å². The summed E-state index contributed by atoms with van der Waals surface area (Å²) in [6.07, 6.45) is 1.39. The van der Waals surface area contributed by atoms with Crippen molar-refractivity contribution in [3.8, 4) is 11.4 Å². The lowest BCUT2D eigenvalue weighted by Gasteiger charge is -2.08. The van der Waals surface area contributed by atoms with E-state index < -0.39 is 5.41 Å². The summed E-state index contributed by atoms with van der Waals surface area (Å²) in [5.41, 5.74) is 1.26. The van der Waals surface area contributed by atoms with E-state index in [2.05, 4.69) is 26.1 Å². The number of rotatable bonds is 4. The Morgan fingerprint density at radius 3 is 2.86 bits per heavy atom. The lowest BCUT2D eigenvalue weighted by molar-refractivity contribution is -0.146. The molecule has 3 rings (SSSR count). The maximum atomic E-state index is 12.0. The molecule has 0 bridgehead atoms. The average Bonchev–Trinajstić information content (AvgIpc) is 3.12. The molecule has 6 heteroatoms. The van der Waals surface area contributed by atoms with Crippen LogP contribution in [-0.4, -0.2) is 22.7 Å². The van der Waals surface area contributed by atoms with Crippen molar-refractivity contribution < 1.29 is 14.1 Å². The van der Waals surface area contributed by atoms with E-state index in [0.29, 0.717) is 31.2 Å². The summed E-state index contributed by atoms with van der Waals surface area (Å²) in [4.78, 5) is 16.4. The standard InChI is InChI=1S/C15H15BrN2O3/c1-3-20-14(19)15(6-7-15)13-17-12(18-21-13)10-5-4-9(2)8-11(10)16/h4-5,8H,3,6-7H2,1-2H3. The first-order chi connectivity index (χ1) is 10.1. The summed E-state index contributed by atoms with van der Waals surface area (Å²) in [5.74, 6) is 0.555. The SMILES string of the molecule is CCOC(=O)C1(c2nc(-c3ccc(C)cc3Br)no2)CC1. The Bertz CT molecular complexity index is 692. The van der Waals surface area contributed by atoms with E-state index in [0.717, 1.165) is 15.6 Å². The zero-order valence-corrected chi connectivity index (χ0v) is 13.4. The molecule has 1 aromatic carbocycles. The van der Waals surface area contributed by atoms with Gasteiger partial charge < -0.3 is 9.26 Å². The first-order valence-corrected chi connectivity index (χ1v) is 7.64. The van der Waals surface area contributed by atoms with E-state index in [1.807, 2.05) is 25.1 Å². The number of aryl methyl sites for hydroxylation is 1. The second-order valence-electron chi connectivity index (χ2n) is 5.21. The van der Waals surface area contributed by atoms with Gasteiger partial charge in [0.15, 0.2) is 0 Å². The molecule has 0 amide bonds. The lowest BCUT2D eigenvalue weighted by Crippen LogP contribution is -2.23. The van der Waals surface area contributed by atoms with Crippen molar-refractivity contribution >= 4 is 21.9 Å². The van der Waals surface area contributed by atoms with E-state index in [9.17, 15) is 4.79 Å². The monoisotopic (exact) mass is 350 g/mol. The van der Waals surface area contributed by atoms with Crippen molar-refractivity contribution in [1.29, 1.82) is 0 Å². The molecule has 1 aliphatic rings. The molecular formula is C15H15BrN2O3. The van der Waals surface area contributed by atoms with Crippen molar-refractivity contribution in [2.75, 3.05) is 6.61 Å². The maximum Gasteiger partial charge on any atom is 0.321 e. The van der Waals surface area contributed by atoms with Gasteiger partial charge in [-0.25, -0.2) is 0 Å². The van der Waals surface area contributed by atoms with Gasteiger partial charge >= 0.3 is 5.97 Å². The molecule has 2 aromatic rings. The Labute approximate surface area is 130 Å². The summed E-state index contributed by atoms with van der Waals surface area (Å²) < 4.78 is 11.3. The first kappa shape index (κ1) is 14.3. The van der Waals surface area contributed by atoms with Crippen LogP contribution in [0.2, 0.25) is 0 Å². The van der Waals surface area contributed by atoms with Gasteiger partial charge in [0, 0.05) is 10.0 Å². The molecule has 110 valence electrons. The molecule has 0 spiro atoms. The molecule has 1 heterocycles. The molecule has 0 N–H and O–H groups in total. The van der Waals surface area contributed by atoms with Gasteiger partial charge in [-0.2, -0.15) is 4.98 Å². The molecule has 1 saturated carbocycles. The number of halogens is 1. The van der Waals surface area contributed by atoms with E-state index >= 15 is 0 Å². The predicted octanol–water partition coefficient (Wildman–Crippen LogP) is 3.40. The number of ether oxygens (including phenoxy) is 1. The molecule has 1 aliphatic carbocycles. The first-order valence-electron chi connectivity index (χ1n) is 6.85. The Morgan fingerprint density at radius 1 is 1.48 bits per heavy atom. The summed E-state index contributed by atoms with van der Waals surface area (Å²) in [7, 11) is 0. The van der Waals surface area contributed by atoms with Crippen LogP contribution in [-0.2, 0) is 14.9 Å².